The standard InChI is InChI=1S/C22H21N3O3S.ClH/c1-11-7-13-9-15-19(23)20(29-22(15)25-16(13)8-12(11)2)21(26)24-17-10-14(27-3)5-6-18(17)28-4;/h5-10H,23H2,1-4H3,(H,24,26);1H. The van der Waals surface area contributed by atoms with Crippen LogP contribution in [0.1, 0.15) is 20.8 Å². The Hall–Kier alpha value is -3.03. The second-order valence-corrected chi connectivity index (χ2v) is 7.83. The number of nitrogens with zero attached hydrogens (tertiary/aromatic N) is 1. The molecule has 0 saturated carbocycles. The molecule has 0 aliphatic carbocycles. The maximum Gasteiger partial charge on any atom is 0.268 e. The van der Waals surface area contributed by atoms with Crippen molar-refractivity contribution in [1.29, 1.82) is 0 Å². The first-order valence-corrected chi connectivity index (χ1v) is 9.86. The first kappa shape index (κ1) is 21.7. The Morgan fingerprint density at radius 1 is 1.07 bits per heavy atom. The predicted octanol–water partition coefficient (Wildman–Crippen LogP) is 5.34. The molecule has 0 saturated heterocycles. The Morgan fingerprint density at radius 3 is 2.50 bits per heavy atom. The van der Waals surface area contributed by atoms with Crippen LogP contribution in [0, 0.1) is 13.8 Å². The maximum atomic E-state index is 13.0. The Balaban J connectivity index is 0.00000256. The number of nitrogens with two attached hydrogens (primary N) is 1. The zero-order valence-electron chi connectivity index (χ0n) is 17.0. The Labute approximate surface area is 184 Å². The number of nitrogen functional groups attached to an aromatic ring is 1. The molecule has 4 aromatic rings. The van der Waals surface area contributed by atoms with Crippen LogP contribution in [0.2, 0.25) is 0 Å². The van der Waals surface area contributed by atoms with Gasteiger partial charge in [-0.25, -0.2) is 4.98 Å². The Bertz CT molecular complexity index is 1270. The number of rotatable bonds is 4. The van der Waals surface area contributed by atoms with Gasteiger partial charge in [0.05, 0.1) is 31.1 Å². The summed E-state index contributed by atoms with van der Waals surface area (Å²) < 4.78 is 10.6. The fourth-order valence-electron chi connectivity index (χ4n) is 3.23. The van der Waals surface area contributed by atoms with Gasteiger partial charge in [0.1, 0.15) is 21.2 Å². The van der Waals surface area contributed by atoms with E-state index in [1.54, 1.807) is 32.4 Å². The summed E-state index contributed by atoms with van der Waals surface area (Å²) in [6.07, 6.45) is 0. The summed E-state index contributed by atoms with van der Waals surface area (Å²) in [4.78, 5) is 18.8. The second kappa shape index (κ2) is 8.38. The molecule has 4 rings (SSSR count). The zero-order valence-corrected chi connectivity index (χ0v) is 18.7. The van der Waals surface area contributed by atoms with E-state index in [2.05, 4.69) is 31.3 Å². The first-order valence-electron chi connectivity index (χ1n) is 9.04. The van der Waals surface area contributed by atoms with Crippen LogP contribution in [0.4, 0.5) is 11.4 Å². The number of halogens is 1. The maximum absolute atomic E-state index is 13.0. The molecule has 156 valence electrons. The molecule has 0 aliphatic heterocycles. The van der Waals surface area contributed by atoms with Crippen molar-refractivity contribution in [3.8, 4) is 11.5 Å². The summed E-state index contributed by atoms with van der Waals surface area (Å²) in [5.41, 5.74) is 10.5. The largest absolute Gasteiger partial charge is 0.497 e. The normalized spacial score (nSPS) is 10.7. The van der Waals surface area contributed by atoms with Crippen LogP contribution >= 0.6 is 23.7 Å². The SMILES string of the molecule is COc1ccc(OC)c(NC(=O)c2sc3nc4cc(C)c(C)cc4cc3c2N)c1.Cl. The summed E-state index contributed by atoms with van der Waals surface area (Å²) in [6, 6.07) is 11.4. The van der Waals surface area contributed by atoms with Crippen LogP contribution in [0.5, 0.6) is 11.5 Å². The van der Waals surface area contributed by atoms with Gasteiger partial charge in [-0.1, -0.05) is 0 Å². The number of carbonyl (C=O) groups is 1. The van der Waals surface area contributed by atoms with E-state index in [1.165, 1.54) is 22.5 Å². The molecule has 0 bridgehead atoms. The van der Waals surface area contributed by atoms with E-state index in [-0.39, 0.29) is 18.3 Å². The van der Waals surface area contributed by atoms with Crippen molar-refractivity contribution in [2.45, 2.75) is 13.8 Å². The van der Waals surface area contributed by atoms with Crippen LogP contribution in [-0.2, 0) is 0 Å². The number of aryl methyl sites for hydroxylation is 2. The summed E-state index contributed by atoms with van der Waals surface area (Å²) in [7, 11) is 3.11. The molecule has 6 nitrogen and oxygen atoms in total. The molecule has 8 heteroatoms. The number of pyridine rings is 1. The minimum absolute atomic E-state index is 0. The van der Waals surface area contributed by atoms with Crippen LogP contribution < -0.4 is 20.5 Å². The Morgan fingerprint density at radius 2 is 1.80 bits per heavy atom. The molecular weight excluding hydrogens is 422 g/mol. The number of methoxy groups -OCH3 is 2. The number of thiophene rings is 1. The van der Waals surface area contributed by atoms with Crippen molar-refractivity contribution >= 4 is 62.1 Å². The fourth-order valence-corrected chi connectivity index (χ4v) is 4.21. The highest BCUT2D eigenvalue weighted by molar-refractivity contribution is 7.21. The molecule has 0 spiro atoms. The number of nitrogens with one attached hydrogen (secondary N) is 1. The van der Waals surface area contributed by atoms with Crippen LogP contribution in [0.25, 0.3) is 21.1 Å². The highest BCUT2D eigenvalue weighted by Gasteiger charge is 2.19. The molecule has 2 aromatic carbocycles. The number of ether oxygens (including phenoxy) is 2. The summed E-state index contributed by atoms with van der Waals surface area (Å²) in [5.74, 6) is 0.839. The first-order chi connectivity index (χ1) is 13.9. The van der Waals surface area contributed by atoms with Crippen molar-refractivity contribution in [3.63, 3.8) is 0 Å². The average Bonchev–Trinajstić information content (AvgIpc) is 3.03. The topological polar surface area (TPSA) is 86.5 Å². The van der Waals surface area contributed by atoms with E-state index in [9.17, 15) is 4.79 Å². The molecule has 0 radical (unpaired) electrons. The zero-order chi connectivity index (χ0) is 20.7. The molecule has 0 fully saturated rings. The number of anilines is 2. The summed E-state index contributed by atoms with van der Waals surface area (Å²) in [5, 5.41) is 4.66. The lowest BCUT2D eigenvalue weighted by Crippen LogP contribution is -2.12. The fraction of sp³-hybridized carbons (Fsp3) is 0.182. The lowest BCUT2D eigenvalue weighted by atomic mass is 10.1. The van der Waals surface area contributed by atoms with Gasteiger partial charge in [-0.15, -0.1) is 23.7 Å². The molecule has 0 atom stereocenters. The number of aromatic nitrogens is 1. The lowest BCUT2D eigenvalue weighted by molar-refractivity contribution is 0.103. The van der Waals surface area contributed by atoms with Crippen molar-refractivity contribution in [2.24, 2.45) is 0 Å². The van der Waals surface area contributed by atoms with Gasteiger partial charge in [-0.3, -0.25) is 4.79 Å². The highest BCUT2D eigenvalue weighted by atomic mass is 35.5. The third-order valence-corrected chi connectivity index (χ3v) is 6.10. The average molecular weight is 444 g/mol. The van der Waals surface area contributed by atoms with Crippen LogP contribution in [0.15, 0.2) is 36.4 Å². The van der Waals surface area contributed by atoms with Crippen molar-refractivity contribution in [2.75, 3.05) is 25.3 Å². The van der Waals surface area contributed by atoms with Gasteiger partial charge in [0.15, 0.2) is 0 Å². The lowest BCUT2D eigenvalue weighted by Gasteiger charge is -2.11. The second-order valence-electron chi connectivity index (χ2n) is 6.84. The van der Waals surface area contributed by atoms with Gasteiger partial charge >= 0.3 is 0 Å². The van der Waals surface area contributed by atoms with Gasteiger partial charge in [-0.2, -0.15) is 0 Å². The quantitative estimate of drug-likeness (QED) is 0.444. The number of amides is 1. The molecule has 2 aromatic heterocycles. The predicted molar refractivity (Wildman–Crippen MR) is 126 cm³/mol. The van der Waals surface area contributed by atoms with Gasteiger partial charge in [0.25, 0.3) is 5.91 Å². The highest BCUT2D eigenvalue weighted by Crippen LogP contribution is 2.36. The summed E-state index contributed by atoms with van der Waals surface area (Å²) >= 11 is 1.28. The van der Waals surface area contributed by atoms with Crippen molar-refractivity contribution in [3.05, 3.63) is 52.4 Å². The van der Waals surface area contributed by atoms with Crippen molar-refractivity contribution in [1.82, 2.24) is 4.98 Å². The third kappa shape index (κ3) is 3.74. The molecule has 0 aliphatic rings. The van der Waals surface area contributed by atoms with Gasteiger partial charge < -0.3 is 20.5 Å². The number of hydrogen-bond donors (Lipinski definition) is 2. The van der Waals surface area contributed by atoms with Gasteiger partial charge in [-0.05, 0) is 55.3 Å². The molecule has 30 heavy (non-hydrogen) atoms. The van der Waals surface area contributed by atoms with Crippen LogP contribution in [-0.4, -0.2) is 25.1 Å². The number of hydrogen-bond acceptors (Lipinski definition) is 6. The van der Waals surface area contributed by atoms with Gasteiger partial charge in [0.2, 0.25) is 0 Å². The van der Waals surface area contributed by atoms with Gasteiger partial charge in [0, 0.05) is 16.8 Å². The van der Waals surface area contributed by atoms with E-state index in [4.69, 9.17) is 20.2 Å². The van der Waals surface area contributed by atoms with E-state index in [0.717, 1.165) is 21.1 Å². The van der Waals surface area contributed by atoms with E-state index < -0.39 is 0 Å². The number of fused-ring (bicyclic) bond motifs is 2. The third-order valence-electron chi connectivity index (χ3n) is 4.99. The minimum atomic E-state index is -0.312. The van der Waals surface area contributed by atoms with Crippen LogP contribution in [0.3, 0.4) is 0 Å². The smallest absolute Gasteiger partial charge is 0.268 e. The molecule has 2 heterocycles. The molecule has 1 amide bonds. The Kier molecular flexibility index (Phi) is 6.05. The summed E-state index contributed by atoms with van der Waals surface area (Å²) in [6.45, 7) is 4.13. The number of carbonyl (C=O) groups excluding carboxylic acids is 1. The van der Waals surface area contributed by atoms with E-state index in [0.29, 0.717) is 27.8 Å². The molecular formula is C22H22ClN3O3S. The van der Waals surface area contributed by atoms with E-state index >= 15 is 0 Å². The monoisotopic (exact) mass is 443 g/mol. The number of benzene rings is 2. The van der Waals surface area contributed by atoms with Crippen molar-refractivity contribution < 1.29 is 14.3 Å². The molecule has 3 N–H and O–H groups in total. The van der Waals surface area contributed by atoms with E-state index in [1.807, 2.05) is 6.07 Å². The molecule has 0 unspecified atom stereocenters. The minimum Gasteiger partial charge on any atom is -0.497 e.